The Labute approximate surface area is 118 Å². The van der Waals surface area contributed by atoms with E-state index in [2.05, 4.69) is 27.8 Å². The van der Waals surface area contributed by atoms with Crippen LogP contribution in [0.1, 0.15) is 23.1 Å². The predicted octanol–water partition coefficient (Wildman–Crippen LogP) is 3.52. The minimum Gasteiger partial charge on any atom is -0.308 e. The summed E-state index contributed by atoms with van der Waals surface area (Å²) >= 11 is 0. The van der Waals surface area contributed by atoms with Crippen molar-refractivity contribution >= 4 is 17.5 Å². The average molecular weight is 267 g/mol. The van der Waals surface area contributed by atoms with E-state index in [-0.39, 0.29) is 6.03 Å². The zero-order valence-electron chi connectivity index (χ0n) is 11.4. The normalized spacial score (nSPS) is 12.8. The van der Waals surface area contributed by atoms with Crippen LogP contribution in [0.25, 0.3) is 0 Å². The second kappa shape index (κ2) is 5.33. The SMILES string of the molecule is Cc1ccc(NC(=O)Nc2ccc3c(c2)CCC3)nc1. The molecule has 2 N–H and O–H groups in total. The lowest BCUT2D eigenvalue weighted by Crippen LogP contribution is -2.20. The van der Waals surface area contributed by atoms with Gasteiger partial charge < -0.3 is 5.32 Å². The molecule has 0 bridgehead atoms. The third-order valence-electron chi connectivity index (χ3n) is 3.51. The van der Waals surface area contributed by atoms with Crippen LogP contribution in [0.5, 0.6) is 0 Å². The van der Waals surface area contributed by atoms with E-state index in [1.165, 1.54) is 17.5 Å². The van der Waals surface area contributed by atoms with Crippen molar-refractivity contribution < 1.29 is 4.79 Å². The van der Waals surface area contributed by atoms with Crippen LogP contribution in [-0.2, 0) is 12.8 Å². The van der Waals surface area contributed by atoms with Crippen LogP contribution < -0.4 is 10.6 Å². The molecule has 102 valence electrons. The smallest absolute Gasteiger partial charge is 0.308 e. The van der Waals surface area contributed by atoms with E-state index in [4.69, 9.17) is 0 Å². The molecule has 2 amide bonds. The van der Waals surface area contributed by atoms with Crippen LogP contribution in [0.4, 0.5) is 16.3 Å². The van der Waals surface area contributed by atoms with Gasteiger partial charge in [-0.25, -0.2) is 9.78 Å². The Bertz CT molecular complexity index is 635. The van der Waals surface area contributed by atoms with Crippen molar-refractivity contribution in [1.82, 2.24) is 4.98 Å². The maximum atomic E-state index is 11.9. The molecule has 0 spiro atoms. The van der Waals surface area contributed by atoms with Gasteiger partial charge in [-0.2, -0.15) is 0 Å². The zero-order chi connectivity index (χ0) is 13.9. The fraction of sp³-hybridized carbons (Fsp3) is 0.250. The van der Waals surface area contributed by atoms with Crippen LogP contribution in [0.3, 0.4) is 0 Å². The number of anilines is 2. The fourth-order valence-electron chi connectivity index (χ4n) is 2.47. The lowest BCUT2D eigenvalue weighted by molar-refractivity contribution is 0.262. The Hall–Kier alpha value is -2.36. The number of amides is 2. The van der Waals surface area contributed by atoms with Gasteiger partial charge in [0.25, 0.3) is 0 Å². The van der Waals surface area contributed by atoms with Crippen molar-refractivity contribution in [2.45, 2.75) is 26.2 Å². The van der Waals surface area contributed by atoms with Crippen molar-refractivity contribution in [2.75, 3.05) is 10.6 Å². The van der Waals surface area contributed by atoms with E-state index < -0.39 is 0 Å². The number of urea groups is 1. The van der Waals surface area contributed by atoms with Gasteiger partial charge in [0.05, 0.1) is 0 Å². The van der Waals surface area contributed by atoms with E-state index in [1.807, 2.05) is 19.1 Å². The molecule has 1 heterocycles. The highest BCUT2D eigenvalue weighted by molar-refractivity contribution is 5.99. The molecule has 1 aromatic heterocycles. The number of carbonyl (C=O) groups is 1. The summed E-state index contributed by atoms with van der Waals surface area (Å²) in [6, 6.07) is 9.55. The number of carbonyl (C=O) groups excluding carboxylic acids is 1. The molecular formula is C16H17N3O. The lowest BCUT2D eigenvalue weighted by Gasteiger charge is -2.08. The number of hydrogen-bond donors (Lipinski definition) is 2. The van der Waals surface area contributed by atoms with E-state index >= 15 is 0 Å². The molecule has 3 rings (SSSR count). The van der Waals surface area contributed by atoms with Gasteiger partial charge in [-0.15, -0.1) is 0 Å². The topological polar surface area (TPSA) is 54.0 Å². The summed E-state index contributed by atoms with van der Waals surface area (Å²) in [5, 5.41) is 5.57. The average Bonchev–Trinajstić information content (AvgIpc) is 2.89. The molecule has 20 heavy (non-hydrogen) atoms. The van der Waals surface area contributed by atoms with E-state index in [0.29, 0.717) is 5.82 Å². The number of aromatic nitrogens is 1. The van der Waals surface area contributed by atoms with Gasteiger partial charge in [0.15, 0.2) is 0 Å². The molecule has 0 saturated carbocycles. The van der Waals surface area contributed by atoms with Gasteiger partial charge in [0, 0.05) is 11.9 Å². The summed E-state index contributed by atoms with van der Waals surface area (Å²) in [4.78, 5) is 16.1. The Morgan fingerprint density at radius 1 is 1.10 bits per heavy atom. The van der Waals surface area contributed by atoms with Gasteiger partial charge in [0.2, 0.25) is 0 Å². The fourth-order valence-corrected chi connectivity index (χ4v) is 2.47. The quantitative estimate of drug-likeness (QED) is 0.874. The first-order valence-electron chi connectivity index (χ1n) is 6.83. The first-order chi connectivity index (χ1) is 9.70. The van der Waals surface area contributed by atoms with Gasteiger partial charge in [-0.05, 0) is 61.1 Å². The Balaban J connectivity index is 1.65. The molecule has 1 aliphatic carbocycles. The molecule has 0 atom stereocenters. The summed E-state index contributed by atoms with van der Waals surface area (Å²) in [5.41, 5.74) is 4.64. The van der Waals surface area contributed by atoms with Crippen LogP contribution in [0.2, 0.25) is 0 Å². The predicted molar refractivity (Wildman–Crippen MR) is 80.1 cm³/mol. The standard InChI is InChI=1S/C16H17N3O/c1-11-5-8-15(17-10-11)19-16(20)18-14-7-6-12-3-2-4-13(12)9-14/h5-10H,2-4H2,1H3,(H2,17,18,19,20). The van der Waals surface area contributed by atoms with Gasteiger partial charge >= 0.3 is 6.03 Å². The number of nitrogens with zero attached hydrogens (tertiary/aromatic N) is 1. The maximum Gasteiger partial charge on any atom is 0.324 e. The van der Waals surface area contributed by atoms with Crippen LogP contribution in [0.15, 0.2) is 36.5 Å². The first kappa shape index (κ1) is 12.7. The lowest BCUT2D eigenvalue weighted by atomic mass is 10.1. The Morgan fingerprint density at radius 2 is 1.95 bits per heavy atom. The van der Waals surface area contributed by atoms with Crippen LogP contribution in [-0.4, -0.2) is 11.0 Å². The number of hydrogen-bond acceptors (Lipinski definition) is 2. The molecule has 1 aromatic carbocycles. The van der Waals surface area contributed by atoms with Gasteiger partial charge in [-0.3, -0.25) is 5.32 Å². The van der Waals surface area contributed by atoms with Crippen LogP contribution >= 0.6 is 0 Å². The summed E-state index contributed by atoms with van der Waals surface area (Å²) in [6.07, 6.45) is 5.18. The summed E-state index contributed by atoms with van der Waals surface area (Å²) in [7, 11) is 0. The third kappa shape index (κ3) is 2.79. The molecule has 1 aliphatic rings. The van der Waals surface area contributed by atoms with Crippen LogP contribution in [0, 0.1) is 6.92 Å². The molecular weight excluding hydrogens is 250 g/mol. The summed E-state index contributed by atoms with van der Waals surface area (Å²) in [5.74, 6) is 0.550. The number of fused-ring (bicyclic) bond motifs is 1. The molecule has 0 radical (unpaired) electrons. The first-order valence-corrected chi connectivity index (χ1v) is 6.83. The monoisotopic (exact) mass is 267 g/mol. The van der Waals surface area contributed by atoms with Crippen molar-refractivity contribution in [3.8, 4) is 0 Å². The molecule has 0 fully saturated rings. The van der Waals surface area contributed by atoms with Gasteiger partial charge in [0.1, 0.15) is 5.82 Å². The number of rotatable bonds is 2. The van der Waals surface area contributed by atoms with E-state index in [0.717, 1.165) is 24.1 Å². The van der Waals surface area contributed by atoms with Crippen molar-refractivity contribution in [2.24, 2.45) is 0 Å². The van der Waals surface area contributed by atoms with Crippen molar-refractivity contribution in [3.63, 3.8) is 0 Å². The number of pyridine rings is 1. The minimum absolute atomic E-state index is 0.265. The molecule has 0 aliphatic heterocycles. The highest BCUT2D eigenvalue weighted by atomic mass is 16.2. The van der Waals surface area contributed by atoms with E-state index in [1.54, 1.807) is 12.3 Å². The highest BCUT2D eigenvalue weighted by Gasteiger charge is 2.11. The minimum atomic E-state index is -0.265. The summed E-state index contributed by atoms with van der Waals surface area (Å²) < 4.78 is 0. The number of nitrogens with one attached hydrogen (secondary N) is 2. The number of benzene rings is 1. The van der Waals surface area contributed by atoms with Crippen molar-refractivity contribution in [1.29, 1.82) is 0 Å². The zero-order valence-corrected chi connectivity index (χ0v) is 11.4. The molecule has 4 nitrogen and oxygen atoms in total. The number of aryl methyl sites for hydroxylation is 3. The van der Waals surface area contributed by atoms with Crippen molar-refractivity contribution in [3.05, 3.63) is 53.2 Å². The second-order valence-corrected chi connectivity index (χ2v) is 5.14. The molecule has 2 aromatic rings. The maximum absolute atomic E-state index is 11.9. The molecule has 0 saturated heterocycles. The second-order valence-electron chi connectivity index (χ2n) is 5.14. The highest BCUT2D eigenvalue weighted by Crippen LogP contribution is 2.24. The largest absolute Gasteiger partial charge is 0.324 e. The van der Waals surface area contributed by atoms with E-state index in [9.17, 15) is 4.79 Å². The summed E-state index contributed by atoms with van der Waals surface area (Å²) in [6.45, 7) is 1.96. The third-order valence-corrected chi connectivity index (χ3v) is 3.51. The molecule has 0 unspecified atom stereocenters. The molecule has 4 heteroatoms. The Morgan fingerprint density at radius 3 is 2.75 bits per heavy atom. The Kier molecular flexibility index (Phi) is 3.37. The van der Waals surface area contributed by atoms with Gasteiger partial charge in [-0.1, -0.05) is 12.1 Å².